The van der Waals surface area contributed by atoms with Crippen LogP contribution in [0.25, 0.3) is 16.6 Å². The van der Waals surface area contributed by atoms with Crippen molar-refractivity contribution in [3.63, 3.8) is 0 Å². The van der Waals surface area contributed by atoms with Gasteiger partial charge in [0.25, 0.3) is 5.91 Å². The second kappa shape index (κ2) is 9.27. The zero-order valence-corrected chi connectivity index (χ0v) is 19.9. The van der Waals surface area contributed by atoms with Crippen molar-refractivity contribution in [2.45, 2.75) is 32.5 Å². The second-order valence-corrected chi connectivity index (χ2v) is 9.17. The van der Waals surface area contributed by atoms with Gasteiger partial charge in [-0.25, -0.2) is 14.5 Å². The lowest BCUT2D eigenvalue weighted by molar-refractivity contribution is 0.100. The van der Waals surface area contributed by atoms with E-state index in [0.29, 0.717) is 47.9 Å². The maximum atomic E-state index is 12.3. The minimum absolute atomic E-state index is 0.0133. The highest BCUT2D eigenvalue weighted by atomic mass is 16.3. The van der Waals surface area contributed by atoms with Gasteiger partial charge < -0.3 is 21.1 Å². The first kappa shape index (κ1) is 23.3. The topological polar surface area (TPSA) is 163 Å². The average Bonchev–Trinajstić information content (AvgIpc) is 3.57. The number of anilines is 2. The van der Waals surface area contributed by atoms with Crippen molar-refractivity contribution < 1.29 is 9.90 Å². The monoisotopic (exact) mass is 486 g/mol. The summed E-state index contributed by atoms with van der Waals surface area (Å²) in [7, 11) is 0. The van der Waals surface area contributed by atoms with Gasteiger partial charge in [0.05, 0.1) is 59.8 Å². The Hall–Kier alpha value is -4.50. The normalized spacial score (nSPS) is 18.3. The standard InChI is InChI=1S/C24H26N10O2/c1-14-9-32(24-27-5-16(4-25)6-28-24)13-20(14)31-22-19(23(26)36)8-30-34-12-17(3-21(22)34)18-7-29-33(11-18)10-15(2)35/h3,5-8,11-12,14-15,20,31,35H,9-10,13H2,1-2H3,(H2,26,36)/t14-,15?,20+/m0/s1. The molecular weight excluding hydrogens is 460 g/mol. The summed E-state index contributed by atoms with van der Waals surface area (Å²) in [5, 5.41) is 30.9. The Kier molecular flexibility index (Phi) is 5.99. The summed E-state index contributed by atoms with van der Waals surface area (Å²) in [6.45, 7) is 5.54. The summed E-state index contributed by atoms with van der Waals surface area (Å²) in [4.78, 5) is 23.0. The van der Waals surface area contributed by atoms with Gasteiger partial charge in [0.2, 0.25) is 5.95 Å². The van der Waals surface area contributed by atoms with Crippen LogP contribution in [0.3, 0.4) is 0 Å². The fourth-order valence-electron chi connectivity index (χ4n) is 4.48. The van der Waals surface area contributed by atoms with Gasteiger partial charge in [-0.05, 0) is 18.9 Å². The molecule has 184 valence electrons. The highest BCUT2D eigenvalue weighted by Gasteiger charge is 2.32. The number of nitriles is 1. The van der Waals surface area contributed by atoms with Crippen LogP contribution >= 0.6 is 0 Å². The Labute approximate surface area is 207 Å². The quantitative estimate of drug-likeness (QED) is 0.349. The van der Waals surface area contributed by atoms with Crippen molar-refractivity contribution in [1.29, 1.82) is 5.26 Å². The van der Waals surface area contributed by atoms with Gasteiger partial charge in [-0.3, -0.25) is 9.48 Å². The number of aromatic nitrogens is 6. The fraction of sp³-hybridized carbons (Fsp3) is 0.333. The molecule has 36 heavy (non-hydrogen) atoms. The zero-order valence-electron chi connectivity index (χ0n) is 19.9. The van der Waals surface area contributed by atoms with E-state index in [0.717, 1.165) is 11.1 Å². The Morgan fingerprint density at radius 3 is 2.69 bits per heavy atom. The van der Waals surface area contributed by atoms with Crippen molar-refractivity contribution in [2.24, 2.45) is 11.7 Å². The lowest BCUT2D eigenvalue weighted by Gasteiger charge is -2.20. The van der Waals surface area contributed by atoms with E-state index in [-0.39, 0.29) is 12.0 Å². The number of fused-ring (bicyclic) bond motifs is 1. The van der Waals surface area contributed by atoms with Crippen LogP contribution in [0, 0.1) is 17.2 Å². The lowest BCUT2D eigenvalue weighted by atomic mass is 10.1. The Morgan fingerprint density at radius 1 is 1.22 bits per heavy atom. The molecule has 5 heterocycles. The highest BCUT2D eigenvalue weighted by molar-refractivity contribution is 6.02. The molecule has 3 atom stereocenters. The van der Waals surface area contributed by atoms with Crippen molar-refractivity contribution in [2.75, 3.05) is 23.3 Å². The molecule has 0 aliphatic carbocycles. The lowest BCUT2D eigenvalue weighted by Crippen LogP contribution is -2.30. The number of nitrogens with one attached hydrogen (secondary N) is 1. The number of primary amides is 1. The van der Waals surface area contributed by atoms with Gasteiger partial charge in [0.15, 0.2) is 0 Å². The Bertz CT molecular complexity index is 1450. The molecule has 1 aliphatic heterocycles. The van der Waals surface area contributed by atoms with E-state index in [1.807, 2.05) is 29.4 Å². The van der Waals surface area contributed by atoms with Gasteiger partial charge >= 0.3 is 0 Å². The molecular formula is C24H26N10O2. The number of amides is 1. The molecule has 0 aromatic carbocycles. The highest BCUT2D eigenvalue weighted by Crippen LogP contribution is 2.31. The molecule has 0 spiro atoms. The van der Waals surface area contributed by atoms with E-state index in [1.54, 1.807) is 22.3 Å². The van der Waals surface area contributed by atoms with E-state index >= 15 is 0 Å². The second-order valence-electron chi connectivity index (χ2n) is 9.17. The predicted molar refractivity (Wildman–Crippen MR) is 132 cm³/mol. The number of aliphatic hydroxyl groups excluding tert-OH is 1. The minimum Gasteiger partial charge on any atom is -0.391 e. The molecule has 4 aromatic heterocycles. The van der Waals surface area contributed by atoms with Crippen LogP contribution in [0.5, 0.6) is 0 Å². The fourth-order valence-corrected chi connectivity index (χ4v) is 4.48. The molecule has 0 bridgehead atoms. The maximum absolute atomic E-state index is 12.3. The van der Waals surface area contributed by atoms with Crippen LogP contribution in [-0.2, 0) is 6.54 Å². The van der Waals surface area contributed by atoms with Gasteiger partial charge in [-0.2, -0.15) is 15.5 Å². The summed E-state index contributed by atoms with van der Waals surface area (Å²) in [6.07, 6.45) is 9.44. The predicted octanol–water partition coefficient (Wildman–Crippen LogP) is 1.28. The number of carbonyl (C=O) groups is 1. The average molecular weight is 487 g/mol. The molecule has 12 nitrogen and oxygen atoms in total. The van der Waals surface area contributed by atoms with Crippen LogP contribution in [0.2, 0.25) is 0 Å². The molecule has 1 unspecified atom stereocenters. The molecule has 4 aromatic rings. The first-order valence-corrected chi connectivity index (χ1v) is 11.6. The van der Waals surface area contributed by atoms with Crippen LogP contribution in [-0.4, -0.2) is 65.6 Å². The molecule has 12 heteroatoms. The number of nitrogens with zero attached hydrogens (tertiary/aromatic N) is 8. The van der Waals surface area contributed by atoms with Crippen molar-refractivity contribution in [1.82, 2.24) is 29.4 Å². The summed E-state index contributed by atoms with van der Waals surface area (Å²) in [5.74, 6) is 0.198. The third-order valence-electron chi connectivity index (χ3n) is 6.31. The molecule has 0 saturated carbocycles. The van der Waals surface area contributed by atoms with Crippen molar-refractivity contribution in [3.8, 4) is 17.2 Å². The number of hydrogen-bond donors (Lipinski definition) is 3. The third-order valence-corrected chi connectivity index (χ3v) is 6.31. The largest absolute Gasteiger partial charge is 0.391 e. The van der Waals surface area contributed by atoms with Gasteiger partial charge in [0, 0.05) is 42.7 Å². The van der Waals surface area contributed by atoms with Crippen LogP contribution in [0.15, 0.2) is 43.2 Å². The minimum atomic E-state index is -0.571. The number of nitrogens with two attached hydrogens (primary N) is 1. The number of hydrogen-bond acceptors (Lipinski definition) is 9. The van der Waals surface area contributed by atoms with E-state index < -0.39 is 12.0 Å². The van der Waals surface area contributed by atoms with E-state index in [1.165, 1.54) is 18.6 Å². The van der Waals surface area contributed by atoms with Crippen molar-refractivity contribution >= 4 is 23.1 Å². The SMILES string of the molecule is CC(O)Cn1cc(-c2cc3c(N[C@@H]4CN(c5ncc(C#N)cn5)C[C@@H]4C)c(C(N)=O)cnn3c2)cn1. The number of rotatable bonds is 7. The van der Waals surface area contributed by atoms with E-state index in [4.69, 9.17) is 11.0 Å². The van der Waals surface area contributed by atoms with E-state index in [2.05, 4.69) is 32.4 Å². The summed E-state index contributed by atoms with van der Waals surface area (Å²) in [5.41, 5.74) is 9.48. The molecule has 1 saturated heterocycles. The molecule has 1 amide bonds. The third kappa shape index (κ3) is 4.44. The Morgan fingerprint density at radius 2 is 2.00 bits per heavy atom. The van der Waals surface area contributed by atoms with Gasteiger partial charge in [0.1, 0.15) is 6.07 Å². The summed E-state index contributed by atoms with van der Waals surface area (Å²) >= 11 is 0. The maximum Gasteiger partial charge on any atom is 0.252 e. The first-order valence-electron chi connectivity index (χ1n) is 11.6. The smallest absolute Gasteiger partial charge is 0.252 e. The van der Waals surface area contributed by atoms with E-state index in [9.17, 15) is 9.90 Å². The Balaban J connectivity index is 1.45. The summed E-state index contributed by atoms with van der Waals surface area (Å²) < 4.78 is 3.39. The summed E-state index contributed by atoms with van der Waals surface area (Å²) in [6, 6.07) is 3.95. The molecule has 1 aliphatic rings. The molecule has 5 rings (SSSR count). The number of aliphatic hydroxyl groups is 1. The molecule has 4 N–H and O–H groups in total. The number of carbonyl (C=O) groups excluding carboxylic acids is 1. The first-order chi connectivity index (χ1) is 17.3. The molecule has 0 radical (unpaired) electrons. The van der Waals surface area contributed by atoms with Gasteiger partial charge in [-0.1, -0.05) is 6.92 Å². The van der Waals surface area contributed by atoms with Gasteiger partial charge in [-0.15, -0.1) is 0 Å². The zero-order chi connectivity index (χ0) is 25.4. The molecule has 1 fully saturated rings. The van der Waals surface area contributed by atoms with Crippen LogP contribution in [0.4, 0.5) is 11.6 Å². The van der Waals surface area contributed by atoms with Crippen LogP contribution < -0.4 is 16.0 Å². The van der Waals surface area contributed by atoms with Crippen molar-refractivity contribution in [3.05, 3.63) is 54.4 Å². The van der Waals surface area contributed by atoms with Crippen LogP contribution in [0.1, 0.15) is 29.8 Å².